The van der Waals surface area contributed by atoms with E-state index < -0.39 is 24.0 Å². The highest BCUT2D eigenvalue weighted by Crippen LogP contribution is 2.29. The van der Waals surface area contributed by atoms with E-state index in [0.717, 1.165) is 0 Å². The van der Waals surface area contributed by atoms with Crippen molar-refractivity contribution in [1.82, 2.24) is 0 Å². The molecular formula is C17H28O7. The summed E-state index contributed by atoms with van der Waals surface area (Å²) in [6.45, 7) is 9.24. The molecule has 1 heterocycles. The van der Waals surface area contributed by atoms with E-state index in [2.05, 4.69) is 0 Å². The number of ether oxygens (including phenoxy) is 4. The molecule has 0 aromatic rings. The average molecular weight is 344 g/mol. The molecule has 1 saturated heterocycles. The van der Waals surface area contributed by atoms with Gasteiger partial charge in [0.1, 0.15) is 12.7 Å². The summed E-state index contributed by atoms with van der Waals surface area (Å²) >= 11 is 0. The van der Waals surface area contributed by atoms with Crippen molar-refractivity contribution in [1.29, 1.82) is 0 Å². The molecule has 4 atom stereocenters. The quantitative estimate of drug-likeness (QED) is 0.358. The topological polar surface area (TPSA) is 88.1 Å². The maximum atomic E-state index is 11.8. The normalized spacial score (nSPS) is 25.0. The Hall–Kier alpha value is -1.63. The summed E-state index contributed by atoms with van der Waals surface area (Å²) in [6, 6.07) is 0. The predicted molar refractivity (Wildman–Crippen MR) is 85.0 cm³/mol. The van der Waals surface area contributed by atoms with E-state index in [9.17, 15) is 14.4 Å². The Bertz CT molecular complexity index is 446. The molecule has 1 aliphatic rings. The first kappa shape index (κ1) is 20.4. The van der Waals surface area contributed by atoms with Gasteiger partial charge in [-0.3, -0.25) is 9.59 Å². The molecule has 4 unspecified atom stereocenters. The molecule has 0 amide bonds. The van der Waals surface area contributed by atoms with Gasteiger partial charge in [-0.05, 0) is 39.5 Å². The van der Waals surface area contributed by atoms with Crippen LogP contribution in [-0.4, -0.2) is 49.9 Å². The lowest BCUT2D eigenvalue weighted by Crippen LogP contribution is -2.31. The van der Waals surface area contributed by atoms with E-state index >= 15 is 0 Å². The Kier molecular flexibility index (Phi) is 7.66. The number of hydrogen-bond acceptors (Lipinski definition) is 7. The number of esters is 2. The van der Waals surface area contributed by atoms with Crippen LogP contribution in [0.2, 0.25) is 0 Å². The summed E-state index contributed by atoms with van der Waals surface area (Å²) in [5.41, 5.74) is -0.619. The first-order valence-electron chi connectivity index (χ1n) is 8.28. The van der Waals surface area contributed by atoms with E-state index in [4.69, 9.17) is 18.9 Å². The van der Waals surface area contributed by atoms with E-state index in [1.54, 1.807) is 20.8 Å². The molecule has 7 nitrogen and oxygen atoms in total. The Morgan fingerprint density at radius 1 is 1.33 bits per heavy atom. The van der Waals surface area contributed by atoms with Crippen LogP contribution in [0.3, 0.4) is 0 Å². The second kappa shape index (κ2) is 9.01. The first-order chi connectivity index (χ1) is 11.2. The lowest BCUT2D eigenvalue weighted by Gasteiger charge is -2.21. The van der Waals surface area contributed by atoms with Gasteiger partial charge in [0.2, 0.25) is 0 Å². The molecule has 1 aliphatic heterocycles. The maximum Gasteiger partial charge on any atom is 0.344 e. The third-order valence-corrected chi connectivity index (χ3v) is 4.47. The highest BCUT2D eigenvalue weighted by molar-refractivity contribution is 5.79. The van der Waals surface area contributed by atoms with Crippen molar-refractivity contribution in [2.45, 2.75) is 65.8 Å². The summed E-state index contributed by atoms with van der Waals surface area (Å²) in [4.78, 5) is 33.9. The largest absolute Gasteiger partial charge is 0.462 e. The van der Waals surface area contributed by atoms with Crippen molar-refractivity contribution in [3.05, 3.63) is 0 Å². The third kappa shape index (κ3) is 5.78. The molecule has 0 bridgehead atoms. The van der Waals surface area contributed by atoms with Crippen LogP contribution in [0.25, 0.3) is 0 Å². The Balaban J connectivity index is 2.33. The summed E-state index contributed by atoms with van der Waals surface area (Å²) in [7, 11) is 0. The van der Waals surface area contributed by atoms with Crippen molar-refractivity contribution in [3.63, 3.8) is 0 Å². The molecular weight excluding hydrogens is 316 g/mol. The van der Waals surface area contributed by atoms with Gasteiger partial charge in [-0.15, -0.1) is 0 Å². The third-order valence-electron chi connectivity index (χ3n) is 4.47. The molecule has 0 aliphatic carbocycles. The molecule has 0 aromatic carbocycles. The highest BCUT2D eigenvalue weighted by Gasteiger charge is 2.37. The van der Waals surface area contributed by atoms with Gasteiger partial charge in [0, 0.05) is 0 Å². The highest BCUT2D eigenvalue weighted by atomic mass is 16.6. The number of hydrogen-bond donors (Lipinski definition) is 0. The molecule has 7 heteroatoms. The van der Waals surface area contributed by atoms with Crippen LogP contribution >= 0.6 is 0 Å². The van der Waals surface area contributed by atoms with Crippen LogP contribution in [0.1, 0.15) is 47.5 Å². The Labute approximate surface area is 143 Å². The summed E-state index contributed by atoms with van der Waals surface area (Å²) in [6.07, 6.45) is 0.497. The van der Waals surface area contributed by atoms with Gasteiger partial charge in [0.25, 0.3) is 6.47 Å². The zero-order valence-electron chi connectivity index (χ0n) is 15.1. The van der Waals surface area contributed by atoms with E-state index in [1.807, 2.05) is 13.8 Å². The lowest BCUT2D eigenvalue weighted by molar-refractivity contribution is -0.167. The van der Waals surface area contributed by atoms with Crippen molar-refractivity contribution in [2.24, 2.45) is 11.3 Å². The van der Waals surface area contributed by atoms with E-state index in [0.29, 0.717) is 19.3 Å². The summed E-state index contributed by atoms with van der Waals surface area (Å²) in [5, 5.41) is 0. The molecule has 1 rings (SSSR count). The van der Waals surface area contributed by atoms with Gasteiger partial charge in [-0.25, -0.2) is 4.79 Å². The smallest absolute Gasteiger partial charge is 0.344 e. The summed E-state index contributed by atoms with van der Waals surface area (Å²) < 4.78 is 20.8. The van der Waals surface area contributed by atoms with Gasteiger partial charge >= 0.3 is 11.9 Å². The molecule has 0 radical (unpaired) electrons. The van der Waals surface area contributed by atoms with Crippen LogP contribution < -0.4 is 0 Å². The van der Waals surface area contributed by atoms with Crippen LogP contribution in [0.4, 0.5) is 0 Å². The van der Waals surface area contributed by atoms with Crippen LogP contribution in [0.15, 0.2) is 0 Å². The fraction of sp³-hybridized carbons (Fsp3) is 0.824. The number of rotatable bonds is 9. The number of carbonyl (C=O) groups is 3. The number of carbonyl (C=O) groups excluding carboxylic acids is 3. The van der Waals surface area contributed by atoms with E-state index in [-0.39, 0.29) is 30.8 Å². The van der Waals surface area contributed by atoms with Crippen molar-refractivity contribution < 1.29 is 33.3 Å². The molecule has 0 spiro atoms. The molecule has 0 aromatic heterocycles. The molecule has 1 fully saturated rings. The zero-order valence-corrected chi connectivity index (χ0v) is 15.1. The monoisotopic (exact) mass is 344 g/mol. The molecule has 0 N–H and O–H groups in total. The van der Waals surface area contributed by atoms with Gasteiger partial charge in [-0.1, -0.05) is 13.8 Å². The molecule has 24 heavy (non-hydrogen) atoms. The van der Waals surface area contributed by atoms with Crippen LogP contribution in [0.5, 0.6) is 0 Å². The van der Waals surface area contributed by atoms with E-state index in [1.165, 1.54) is 0 Å². The van der Waals surface area contributed by atoms with Gasteiger partial charge in [0.05, 0.1) is 17.6 Å². The second-order valence-corrected chi connectivity index (χ2v) is 6.87. The average Bonchev–Trinajstić information content (AvgIpc) is 2.91. The molecule has 0 saturated carbocycles. The second-order valence-electron chi connectivity index (χ2n) is 6.87. The van der Waals surface area contributed by atoms with Crippen molar-refractivity contribution in [3.8, 4) is 0 Å². The standard InChI is InChI=1S/C17H28O7/c1-6-17(4,5)16(20)22-9-14(19)21-8-13-7-11(2)15(24-13)12(3)23-10-18/h10-13,15H,6-9H2,1-5H3. The van der Waals surface area contributed by atoms with Gasteiger partial charge in [-0.2, -0.15) is 0 Å². The fourth-order valence-electron chi connectivity index (χ4n) is 2.50. The minimum Gasteiger partial charge on any atom is -0.462 e. The lowest BCUT2D eigenvalue weighted by atomic mass is 9.91. The Morgan fingerprint density at radius 3 is 2.58 bits per heavy atom. The van der Waals surface area contributed by atoms with Crippen molar-refractivity contribution >= 4 is 18.4 Å². The molecule has 138 valence electrons. The van der Waals surface area contributed by atoms with Crippen LogP contribution in [0, 0.1) is 11.3 Å². The maximum absolute atomic E-state index is 11.8. The fourth-order valence-corrected chi connectivity index (χ4v) is 2.50. The first-order valence-corrected chi connectivity index (χ1v) is 8.28. The van der Waals surface area contributed by atoms with Gasteiger partial charge in [0.15, 0.2) is 6.61 Å². The minimum atomic E-state index is -0.619. The zero-order chi connectivity index (χ0) is 18.3. The summed E-state index contributed by atoms with van der Waals surface area (Å²) in [5.74, 6) is -0.841. The SMILES string of the molecule is CCC(C)(C)C(=O)OCC(=O)OCC1CC(C)C(C(C)OC=O)O1. The van der Waals surface area contributed by atoms with Crippen LogP contribution in [-0.2, 0) is 33.3 Å². The van der Waals surface area contributed by atoms with Crippen molar-refractivity contribution in [2.75, 3.05) is 13.2 Å². The van der Waals surface area contributed by atoms with Gasteiger partial charge < -0.3 is 18.9 Å². The Morgan fingerprint density at radius 2 is 2.00 bits per heavy atom. The predicted octanol–water partition coefficient (Wildman–Crippen LogP) is 1.86. The minimum absolute atomic E-state index is 0.0855.